The van der Waals surface area contributed by atoms with E-state index in [4.69, 9.17) is 0 Å². The molecule has 0 saturated carbocycles. The molecule has 0 amide bonds. The number of carboxylic acids is 4. The summed E-state index contributed by atoms with van der Waals surface area (Å²) in [6, 6.07) is 22.3. The van der Waals surface area contributed by atoms with Gasteiger partial charge in [-0.25, -0.2) is 0 Å². The van der Waals surface area contributed by atoms with E-state index in [1.54, 1.807) is 0 Å². The molecule has 1 aliphatic heterocycles. The van der Waals surface area contributed by atoms with Crippen LogP contribution in [0, 0.1) is 0 Å². The number of hydrogen-bond acceptors (Lipinski definition) is 11. The zero-order chi connectivity index (χ0) is 29.9. The van der Waals surface area contributed by atoms with Gasteiger partial charge in [0.1, 0.15) is 0 Å². The molecular formula is C29H33N3O8-4. The molecule has 1 fully saturated rings. The summed E-state index contributed by atoms with van der Waals surface area (Å²) in [7, 11) is 4.32. The molecule has 3 rings (SSSR count). The fraction of sp³-hybridized carbons (Fsp3) is 0.310. The third kappa shape index (κ3) is 15.1. The monoisotopic (exact) mass is 551 g/mol. The number of benzene rings is 2. The van der Waals surface area contributed by atoms with Crippen LogP contribution in [-0.4, -0.2) is 80.5 Å². The third-order valence-corrected chi connectivity index (χ3v) is 5.62. The van der Waals surface area contributed by atoms with E-state index in [1.807, 2.05) is 0 Å². The molecule has 0 N–H and O–H groups in total. The Morgan fingerprint density at radius 2 is 1.10 bits per heavy atom. The van der Waals surface area contributed by atoms with Crippen molar-refractivity contribution in [1.82, 2.24) is 9.80 Å². The maximum atomic E-state index is 9.41. The van der Waals surface area contributed by atoms with Gasteiger partial charge in [0, 0.05) is 37.9 Å². The number of anilines is 1. The van der Waals surface area contributed by atoms with Crippen molar-refractivity contribution >= 4 is 29.6 Å². The summed E-state index contributed by atoms with van der Waals surface area (Å²) < 4.78 is 0. The minimum Gasteiger partial charge on any atom is -0.545 e. The maximum Gasteiger partial charge on any atom is 0.0643 e. The lowest BCUT2D eigenvalue weighted by molar-refractivity contribution is -0.301. The highest BCUT2D eigenvalue weighted by atomic mass is 16.4. The highest BCUT2D eigenvalue weighted by Crippen LogP contribution is 2.27. The average Bonchev–Trinajstić information content (AvgIpc) is 2.93. The SMILES string of the molecule is CN(C)CCC(c1ccccc1)N1CCN(c2ccccc2)CC1.O=C([O-])/C=C\C(=O)[O-].O=C([O-])/C=C\C(=O)[O-]. The molecule has 0 aliphatic carbocycles. The highest BCUT2D eigenvalue weighted by molar-refractivity contribution is 5.88. The number of nitrogens with zero attached hydrogens (tertiary/aromatic N) is 3. The molecule has 1 saturated heterocycles. The number of carboxylic acid groups (broad SMARTS) is 4. The standard InChI is InChI=1S/C21H29N3.2C4H4O4/c1-22(2)14-13-21(19-9-5-3-6-10-19)24-17-15-23(16-18-24)20-11-7-4-8-12-20;2*5-3(6)1-2-4(7)8/h3-12,21H,13-18H2,1-2H3;2*1-2H,(H,5,6)(H,7,8)/p-4/b;2*2-1-. The Hall–Kier alpha value is -4.48. The minimum atomic E-state index is -1.55. The van der Waals surface area contributed by atoms with Crippen molar-refractivity contribution < 1.29 is 39.6 Å². The van der Waals surface area contributed by atoms with Gasteiger partial charge in [0.25, 0.3) is 0 Å². The lowest BCUT2D eigenvalue weighted by Gasteiger charge is -2.40. The molecule has 40 heavy (non-hydrogen) atoms. The quantitative estimate of drug-likeness (QED) is 0.288. The van der Waals surface area contributed by atoms with E-state index in [1.165, 1.54) is 17.7 Å². The lowest BCUT2D eigenvalue weighted by Crippen LogP contribution is -2.48. The van der Waals surface area contributed by atoms with Gasteiger partial charge in [0.15, 0.2) is 0 Å². The molecule has 0 aromatic heterocycles. The van der Waals surface area contributed by atoms with Crippen molar-refractivity contribution in [3.63, 3.8) is 0 Å². The van der Waals surface area contributed by atoms with Crippen molar-refractivity contribution in [2.75, 3.05) is 51.7 Å². The first-order valence-corrected chi connectivity index (χ1v) is 12.4. The number of rotatable bonds is 10. The number of carbonyl (C=O) groups excluding carboxylic acids is 4. The van der Waals surface area contributed by atoms with Gasteiger partial charge in [0.2, 0.25) is 0 Å². The van der Waals surface area contributed by atoms with Crippen LogP contribution in [0.5, 0.6) is 0 Å². The molecule has 11 nitrogen and oxygen atoms in total. The Morgan fingerprint density at radius 1 is 0.700 bits per heavy atom. The lowest BCUT2D eigenvalue weighted by atomic mass is 10.0. The van der Waals surface area contributed by atoms with Crippen LogP contribution in [0.1, 0.15) is 18.0 Å². The second-order valence-electron chi connectivity index (χ2n) is 8.82. The normalized spacial score (nSPS) is 14.1. The second-order valence-corrected chi connectivity index (χ2v) is 8.82. The minimum absolute atomic E-state index is 0.384. The Bertz CT molecular complexity index is 1050. The molecular weight excluding hydrogens is 518 g/mol. The molecule has 0 bridgehead atoms. The fourth-order valence-electron chi connectivity index (χ4n) is 3.82. The van der Waals surface area contributed by atoms with E-state index in [-0.39, 0.29) is 0 Å². The van der Waals surface area contributed by atoms with Crippen LogP contribution in [0.25, 0.3) is 0 Å². The Morgan fingerprint density at radius 3 is 1.48 bits per heavy atom. The largest absolute Gasteiger partial charge is 0.545 e. The van der Waals surface area contributed by atoms with Gasteiger partial charge in [-0.3, -0.25) is 4.90 Å². The molecule has 2 aromatic carbocycles. The summed E-state index contributed by atoms with van der Waals surface area (Å²) in [5.74, 6) is -6.19. The van der Waals surface area contributed by atoms with E-state index in [2.05, 4.69) is 89.5 Å². The Kier molecular flexibility index (Phi) is 15.7. The topological polar surface area (TPSA) is 170 Å². The number of piperazine rings is 1. The molecule has 1 unspecified atom stereocenters. The van der Waals surface area contributed by atoms with Gasteiger partial charge in [-0.05, 0) is 69.1 Å². The Balaban J connectivity index is 0.000000412. The second kappa shape index (κ2) is 18.7. The van der Waals surface area contributed by atoms with E-state index in [9.17, 15) is 39.6 Å². The number of carbonyl (C=O) groups is 4. The van der Waals surface area contributed by atoms with Crippen LogP contribution in [0.3, 0.4) is 0 Å². The highest BCUT2D eigenvalue weighted by Gasteiger charge is 2.25. The first-order valence-electron chi connectivity index (χ1n) is 12.4. The van der Waals surface area contributed by atoms with Crippen LogP contribution < -0.4 is 25.3 Å². The number of para-hydroxylation sites is 1. The van der Waals surface area contributed by atoms with Crippen LogP contribution >= 0.6 is 0 Å². The van der Waals surface area contributed by atoms with Crippen LogP contribution in [0.15, 0.2) is 85.0 Å². The van der Waals surface area contributed by atoms with Crippen molar-refractivity contribution in [1.29, 1.82) is 0 Å². The first-order chi connectivity index (χ1) is 19.0. The zero-order valence-electron chi connectivity index (χ0n) is 22.5. The van der Waals surface area contributed by atoms with Crippen molar-refractivity contribution in [3.8, 4) is 0 Å². The molecule has 0 radical (unpaired) electrons. The summed E-state index contributed by atoms with van der Waals surface area (Å²) in [5.41, 5.74) is 2.80. The van der Waals surface area contributed by atoms with Gasteiger partial charge in [-0.15, -0.1) is 0 Å². The summed E-state index contributed by atoms with van der Waals surface area (Å²) in [6.45, 7) is 5.59. The Labute approximate surface area is 233 Å². The van der Waals surface area contributed by atoms with Crippen molar-refractivity contribution in [2.45, 2.75) is 12.5 Å². The number of aliphatic carboxylic acids is 4. The summed E-state index contributed by atoms with van der Waals surface area (Å²) >= 11 is 0. The van der Waals surface area contributed by atoms with Gasteiger partial charge in [-0.2, -0.15) is 0 Å². The van der Waals surface area contributed by atoms with Crippen LogP contribution in [-0.2, 0) is 19.2 Å². The molecule has 1 aliphatic rings. The zero-order valence-corrected chi connectivity index (χ0v) is 22.5. The first kappa shape index (κ1) is 33.5. The smallest absolute Gasteiger partial charge is 0.0643 e. The van der Waals surface area contributed by atoms with E-state index in [0.29, 0.717) is 30.3 Å². The average molecular weight is 552 g/mol. The molecule has 2 aromatic rings. The van der Waals surface area contributed by atoms with E-state index < -0.39 is 23.9 Å². The summed E-state index contributed by atoms with van der Waals surface area (Å²) in [4.78, 5) is 45.1. The fourth-order valence-corrected chi connectivity index (χ4v) is 3.82. The van der Waals surface area contributed by atoms with Crippen LogP contribution in [0.2, 0.25) is 0 Å². The molecule has 11 heteroatoms. The predicted molar refractivity (Wildman–Crippen MR) is 141 cm³/mol. The van der Waals surface area contributed by atoms with Crippen molar-refractivity contribution in [2.24, 2.45) is 0 Å². The van der Waals surface area contributed by atoms with E-state index >= 15 is 0 Å². The van der Waals surface area contributed by atoms with E-state index in [0.717, 1.165) is 32.7 Å². The summed E-state index contributed by atoms with van der Waals surface area (Å²) in [5, 5.41) is 37.7. The van der Waals surface area contributed by atoms with Crippen LogP contribution in [0.4, 0.5) is 5.69 Å². The molecule has 1 heterocycles. The number of hydrogen-bond donors (Lipinski definition) is 0. The summed E-state index contributed by atoms with van der Waals surface area (Å²) in [6.07, 6.45) is 2.72. The maximum absolute atomic E-state index is 9.41. The van der Waals surface area contributed by atoms with Gasteiger partial charge in [0.05, 0.1) is 23.9 Å². The van der Waals surface area contributed by atoms with Gasteiger partial charge >= 0.3 is 0 Å². The van der Waals surface area contributed by atoms with Gasteiger partial charge < -0.3 is 49.4 Å². The molecule has 1 atom stereocenters. The van der Waals surface area contributed by atoms with Gasteiger partial charge in [-0.1, -0.05) is 48.5 Å². The molecule has 216 valence electrons. The molecule has 0 spiro atoms. The van der Waals surface area contributed by atoms with Crippen molar-refractivity contribution in [3.05, 3.63) is 90.5 Å². The third-order valence-electron chi connectivity index (χ3n) is 5.62. The predicted octanol–water partition coefficient (Wildman–Crippen LogP) is -2.41.